The van der Waals surface area contributed by atoms with Gasteiger partial charge in [0.2, 0.25) is 0 Å². The monoisotopic (exact) mass is 332 g/mol. The lowest BCUT2D eigenvalue weighted by molar-refractivity contribution is 0.0864. The van der Waals surface area contributed by atoms with Gasteiger partial charge in [-0.05, 0) is 25.2 Å². The number of hydrogen-bond acceptors (Lipinski definition) is 2. The second-order valence-electron chi connectivity index (χ2n) is 6.72. The number of carbonyl (C=O) groups excluding carboxylic acids is 2. The number of carbonyl (C=O) groups is 2. The molecular formula is C23H24O2. The van der Waals surface area contributed by atoms with Crippen LogP contribution in [0.1, 0.15) is 52.8 Å². The van der Waals surface area contributed by atoms with Gasteiger partial charge in [-0.15, -0.1) is 0 Å². The molecule has 0 bridgehead atoms. The van der Waals surface area contributed by atoms with Crippen LogP contribution >= 0.6 is 0 Å². The second-order valence-corrected chi connectivity index (χ2v) is 6.72. The lowest BCUT2D eigenvalue weighted by Crippen LogP contribution is -2.25. The summed E-state index contributed by atoms with van der Waals surface area (Å²) in [6, 6.07) is 18.8. The summed E-state index contributed by atoms with van der Waals surface area (Å²) < 4.78 is 0. The van der Waals surface area contributed by atoms with Crippen LogP contribution in [0.2, 0.25) is 0 Å². The average molecular weight is 332 g/mol. The summed E-state index contributed by atoms with van der Waals surface area (Å²) in [5, 5.41) is 0. The SMILES string of the molecule is O=C(CC1CCCC/C=C\C1C(=O)c1ccccc1)c1ccccc1. The first kappa shape index (κ1) is 17.3. The molecule has 0 amide bonds. The highest BCUT2D eigenvalue weighted by atomic mass is 16.1. The third kappa shape index (κ3) is 4.54. The van der Waals surface area contributed by atoms with Gasteiger partial charge in [0.25, 0.3) is 0 Å². The summed E-state index contributed by atoms with van der Waals surface area (Å²) in [5.74, 6) is 0.113. The van der Waals surface area contributed by atoms with Crippen LogP contribution in [0.5, 0.6) is 0 Å². The minimum atomic E-state index is -0.213. The quantitative estimate of drug-likeness (QED) is 0.535. The molecule has 1 aliphatic rings. The van der Waals surface area contributed by atoms with E-state index in [0.717, 1.165) is 36.8 Å². The van der Waals surface area contributed by atoms with Crippen LogP contribution < -0.4 is 0 Å². The predicted molar refractivity (Wildman–Crippen MR) is 101 cm³/mol. The first-order valence-corrected chi connectivity index (χ1v) is 9.10. The molecule has 3 rings (SSSR count). The number of rotatable bonds is 5. The molecule has 0 radical (unpaired) electrons. The van der Waals surface area contributed by atoms with E-state index in [-0.39, 0.29) is 23.4 Å². The highest BCUT2D eigenvalue weighted by molar-refractivity contribution is 6.00. The highest BCUT2D eigenvalue weighted by Gasteiger charge is 2.29. The summed E-state index contributed by atoms with van der Waals surface area (Å²) in [4.78, 5) is 25.7. The number of allylic oxidation sites excluding steroid dienone is 2. The van der Waals surface area contributed by atoms with Gasteiger partial charge >= 0.3 is 0 Å². The molecule has 2 unspecified atom stereocenters. The molecule has 0 spiro atoms. The van der Waals surface area contributed by atoms with Crippen LogP contribution in [0, 0.1) is 11.8 Å². The van der Waals surface area contributed by atoms with Crippen LogP contribution in [0.3, 0.4) is 0 Å². The lowest BCUT2D eigenvalue weighted by atomic mass is 9.77. The fraction of sp³-hybridized carbons (Fsp3) is 0.304. The van der Waals surface area contributed by atoms with Crippen LogP contribution in [-0.2, 0) is 0 Å². The predicted octanol–water partition coefficient (Wildman–Crippen LogP) is 5.50. The van der Waals surface area contributed by atoms with Crippen molar-refractivity contribution in [3.8, 4) is 0 Å². The minimum Gasteiger partial charge on any atom is -0.294 e. The Morgan fingerprint density at radius 2 is 1.48 bits per heavy atom. The first-order valence-electron chi connectivity index (χ1n) is 9.10. The molecule has 2 nitrogen and oxygen atoms in total. The molecule has 128 valence electrons. The summed E-state index contributed by atoms with van der Waals surface area (Å²) in [6.45, 7) is 0. The standard InChI is InChI=1S/C23H24O2/c24-22(18-11-6-3-7-12-18)17-20-15-5-1-2-10-16-21(20)23(25)19-13-8-4-9-14-19/h3-4,6-14,16,20-21H,1-2,5,15,17H2/b16-10-. The van der Waals surface area contributed by atoms with Crippen molar-refractivity contribution < 1.29 is 9.59 Å². The van der Waals surface area contributed by atoms with E-state index >= 15 is 0 Å². The van der Waals surface area contributed by atoms with Gasteiger partial charge in [0.05, 0.1) is 0 Å². The van der Waals surface area contributed by atoms with Crippen molar-refractivity contribution in [3.05, 3.63) is 83.9 Å². The van der Waals surface area contributed by atoms with Gasteiger partial charge < -0.3 is 0 Å². The third-order valence-electron chi connectivity index (χ3n) is 4.95. The maximum Gasteiger partial charge on any atom is 0.169 e. The minimum absolute atomic E-state index is 0.0666. The van der Waals surface area contributed by atoms with E-state index in [1.54, 1.807) is 0 Å². The number of hydrogen-bond donors (Lipinski definition) is 0. The van der Waals surface area contributed by atoms with Gasteiger partial charge in [-0.3, -0.25) is 9.59 Å². The van der Waals surface area contributed by atoms with Crippen LogP contribution in [0.25, 0.3) is 0 Å². The van der Waals surface area contributed by atoms with E-state index in [1.165, 1.54) is 0 Å². The van der Waals surface area contributed by atoms with Gasteiger partial charge in [0.1, 0.15) is 0 Å². The molecule has 0 saturated heterocycles. The normalized spacial score (nSPS) is 21.8. The molecule has 0 heterocycles. The maximum absolute atomic E-state index is 13.0. The fourth-order valence-corrected chi connectivity index (χ4v) is 3.55. The molecule has 0 aliphatic heterocycles. The molecule has 2 aromatic carbocycles. The smallest absolute Gasteiger partial charge is 0.169 e. The molecule has 2 atom stereocenters. The van der Waals surface area contributed by atoms with E-state index in [0.29, 0.717) is 6.42 Å². The van der Waals surface area contributed by atoms with Gasteiger partial charge in [-0.25, -0.2) is 0 Å². The Morgan fingerprint density at radius 3 is 2.16 bits per heavy atom. The summed E-state index contributed by atoms with van der Waals surface area (Å²) >= 11 is 0. The van der Waals surface area contributed by atoms with Crippen molar-refractivity contribution in [2.45, 2.75) is 32.1 Å². The van der Waals surface area contributed by atoms with Crippen molar-refractivity contribution in [2.24, 2.45) is 11.8 Å². The molecular weight excluding hydrogens is 308 g/mol. The third-order valence-corrected chi connectivity index (χ3v) is 4.95. The highest BCUT2D eigenvalue weighted by Crippen LogP contribution is 2.30. The molecule has 2 heteroatoms. The van der Waals surface area contributed by atoms with Crippen molar-refractivity contribution in [3.63, 3.8) is 0 Å². The average Bonchev–Trinajstić information content (AvgIpc) is 2.65. The van der Waals surface area contributed by atoms with E-state index < -0.39 is 0 Å². The lowest BCUT2D eigenvalue weighted by Gasteiger charge is -2.25. The van der Waals surface area contributed by atoms with Gasteiger partial charge in [0.15, 0.2) is 11.6 Å². The Morgan fingerprint density at radius 1 is 0.840 bits per heavy atom. The van der Waals surface area contributed by atoms with Crippen LogP contribution in [0.4, 0.5) is 0 Å². The summed E-state index contributed by atoms with van der Waals surface area (Å²) in [6.07, 6.45) is 8.71. The van der Waals surface area contributed by atoms with Crippen LogP contribution in [-0.4, -0.2) is 11.6 Å². The molecule has 0 N–H and O–H groups in total. The van der Waals surface area contributed by atoms with Gasteiger partial charge in [-0.1, -0.05) is 79.2 Å². The fourth-order valence-electron chi connectivity index (χ4n) is 3.55. The van der Waals surface area contributed by atoms with Crippen LogP contribution in [0.15, 0.2) is 72.8 Å². The van der Waals surface area contributed by atoms with Gasteiger partial charge in [-0.2, -0.15) is 0 Å². The van der Waals surface area contributed by atoms with Gasteiger partial charge in [0, 0.05) is 23.5 Å². The summed E-state index contributed by atoms with van der Waals surface area (Å²) in [5.41, 5.74) is 1.47. The van der Waals surface area contributed by atoms with E-state index in [4.69, 9.17) is 0 Å². The molecule has 1 aliphatic carbocycles. The molecule has 0 fully saturated rings. The molecule has 2 aromatic rings. The number of benzene rings is 2. The van der Waals surface area contributed by atoms with Crippen molar-refractivity contribution in [1.29, 1.82) is 0 Å². The van der Waals surface area contributed by atoms with Crippen molar-refractivity contribution in [2.75, 3.05) is 0 Å². The zero-order valence-electron chi connectivity index (χ0n) is 14.4. The Kier molecular flexibility index (Phi) is 5.95. The Hall–Kier alpha value is -2.48. The van der Waals surface area contributed by atoms with Crippen molar-refractivity contribution in [1.82, 2.24) is 0 Å². The van der Waals surface area contributed by atoms with E-state index in [1.807, 2.05) is 66.7 Å². The van der Waals surface area contributed by atoms with E-state index in [9.17, 15) is 9.59 Å². The first-order chi connectivity index (χ1) is 12.3. The largest absolute Gasteiger partial charge is 0.294 e. The maximum atomic E-state index is 13.0. The van der Waals surface area contributed by atoms with Crippen molar-refractivity contribution >= 4 is 11.6 Å². The molecule has 25 heavy (non-hydrogen) atoms. The topological polar surface area (TPSA) is 34.1 Å². The zero-order chi connectivity index (χ0) is 17.5. The number of Topliss-reactive ketones (excluding diaryl/α,β-unsaturated/α-hetero) is 2. The second kappa shape index (κ2) is 8.57. The zero-order valence-corrected chi connectivity index (χ0v) is 14.4. The summed E-state index contributed by atoms with van der Waals surface area (Å²) in [7, 11) is 0. The Balaban J connectivity index is 1.82. The molecule has 0 saturated carbocycles. The number of ketones is 2. The Bertz CT molecular complexity index is 731. The molecule has 0 aromatic heterocycles. The Labute approximate surface area is 149 Å². The van der Waals surface area contributed by atoms with E-state index in [2.05, 4.69) is 6.08 Å².